The van der Waals surface area contributed by atoms with Crippen LogP contribution in [0.15, 0.2) is 49.1 Å². The first-order chi connectivity index (χ1) is 17.7. The Balaban J connectivity index is 1.24. The van der Waals surface area contributed by atoms with Gasteiger partial charge in [0.1, 0.15) is 23.6 Å². The van der Waals surface area contributed by atoms with Gasteiger partial charge in [0.2, 0.25) is 0 Å². The topological polar surface area (TPSA) is 111 Å². The summed E-state index contributed by atoms with van der Waals surface area (Å²) in [7, 11) is 2.21. The lowest BCUT2D eigenvalue weighted by Gasteiger charge is -2.41. The smallest absolute Gasteiger partial charge is 0.321 e. The molecular weight excluding hydrogens is 454 g/mol. The maximum absolute atomic E-state index is 6.32. The highest BCUT2D eigenvalue weighted by Gasteiger charge is 2.30. The Morgan fingerprint density at radius 3 is 2.28 bits per heavy atom. The van der Waals surface area contributed by atoms with Crippen LogP contribution in [0, 0.1) is 0 Å². The van der Waals surface area contributed by atoms with E-state index in [9.17, 15) is 0 Å². The van der Waals surface area contributed by atoms with E-state index in [0.29, 0.717) is 23.3 Å². The third-order valence-corrected chi connectivity index (χ3v) is 7.44. The van der Waals surface area contributed by atoms with Crippen molar-refractivity contribution in [2.24, 2.45) is 0 Å². The first-order valence-corrected chi connectivity index (χ1v) is 12.6. The summed E-state index contributed by atoms with van der Waals surface area (Å²) >= 11 is 0. The summed E-state index contributed by atoms with van der Waals surface area (Å²) in [5.74, 6) is 1.10. The number of anilines is 1. The fourth-order valence-corrected chi connectivity index (χ4v) is 5.39. The summed E-state index contributed by atoms with van der Waals surface area (Å²) in [6, 6.07) is 10.7. The van der Waals surface area contributed by atoms with Crippen LogP contribution in [0.4, 0.5) is 5.82 Å². The molecule has 186 valence electrons. The molecule has 1 aromatic carbocycles. The second-order valence-corrected chi connectivity index (χ2v) is 9.72. The first kappa shape index (κ1) is 22.8. The maximum Gasteiger partial charge on any atom is 0.321 e. The molecule has 2 aliphatic rings. The molecule has 1 saturated carbocycles. The van der Waals surface area contributed by atoms with Crippen LogP contribution in [0.1, 0.15) is 31.7 Å². The average Bonchev–Trinajstić information content (AvgIpc) is 3.31. The van der Waals surface area contributed by atoms with Crippen LogP contribution < -0.4 is 10.5 Å². The number of fused-ring (bicyclic) bond motifs is 1. The van der Waals surface area contributed by atoms with Gasteiger partial charge in [-0.3, -0.25) is 4.90 Å². The van der Waals surface area contributed by atoms with E-state index in [2.05, 4.69) is 41.5 Å². The standard InChI is InChI=1S/C26H31N9O/c1-33-11-13-34(14-12-33)19-7-9-20(10-8-19)35-25-22(24(27)30-17-31-25)23(32-35)18-15-28-26(29-16-18)36-21-5-3-2-4-6-21/h2-6,15-17,19-20H,7-14H2,1H3,(H2,27,30,31)/t19-,20+. The molecule has 10 heteroatoms. The van der Waals surface area contributed by atoms with Crippen molar-refractivity contribution in [2.45, 2.75) is 37.8 Å². The van der Waals surface area contributed by atoms with Gasteiger partial charge < -0.3 is 15.4 Å². The fourth-order valence-electron chi connectivity index (χ4n) is 5.39. The molecule has 0 atom stereocenters. The molecule has 2 N–H and O–H groups in total. The van der Waals surface area contributed by atoms with Crippen LogP contribution in [-0.4, -0.2) is 78.8 Å². The third kappa shape index (κ3) is 4.49. The number of nitrogen functional groups attached to an aromatic ring is 1. The fraction of sp³-hybridized carbons (Fsp3) is 0.423. The zero-order chi connectivity index (χ0) is 24.5. The predicted molar refractivity (Wildman–Crippen MR) is 138 cm³/mol. The van der Waals surface area contributed by atoms with E-state index in [1.165, 1.54) is 19.2 Å². The van der Waals surface area contributed by atoms with Gasteiger partial charge in [-0.25, -0.2) is 24.6 Å². The molecule has 4 heterocycles. The molecule has 1 aliphatic carbocycles. The van der Waals surface area contributed by atoms with Crippen molar-refractivity contribution in [2.75, 3.05) is 39.0 Å². The number of nitrogens with zero attached hydrogens (tertiary/aromatic N) is 8. The van der Waals surface area contributed by atoms with Gasteiger partial charge in [0.25, 0.3) is 0 Å². The van der Waals surface area contributed by atoms with Crippen LogP contribution >= 0.6 is 0 Å². The Hall–Kier alpha value is -3.63. The summed E-state index contributed by atoms with van der Waals surface area (Å²) in [6.07, 6.45) is 9.42. The number of hydrogen-bond donors (Lipinski definition) is 1. The molecule has 0 unspecified atom stereocenters. The number of hydrogen-bond acceptors (Lipinski definition) is 9. The van der Waals surface area contributed by atoms with Crippen molar-refractivity contribution >= 4 is 16.9 Å². The molecule has 0 bridgehead atoms. The minimum atomic E-state index is 0.278. The monoisotopic (exact) mass is 485 g/mol. The molecule has 0 spiro atoms. The van der Waals surface area contributed by atoms with Crippen LogP contribution in [0.5, 0.6) is 11.8 Å². The van der Waals surface area contributed by atoms with Gasteiger partial charge in [0.05, 0.1) is 11.4 Å². The highest BCUT2D eigenvalue weighted by Crippen LogP contribution is 2.37. The van der Waals surface area contributed by atoms with Gasteiger partial charge in [0, 0.05) is 50.2 Å². The van der Waals surface area contributed by atoms with E-state index in [-0.39, 0.29) is 12.1 Å². The summed E-state index contributed by atoms with van der Waals surface area (Å²) in [6.45, 7) is 4.63. The summed E-state index contributed by atoms with van der Waals surface area (Å²) < 4.78 is 7.80. The Bertz CT molecular complexity index is 1310. The highest BCUT2D eigenvalue weighted by atomic mass is 16.5. The first-order valence-electron chi connectivity index (χ1n) is 12.6. The van der Waals surface area contributed by atoms with Crippen molar-refractivity contribution in [1.29, 1.82) is 0 Å². The SMILES string of the molecule is CN1CCN([C@H]2CC[C@@H](n3nc(-c4cnc(Oc5ccccc5)nc4)c4c(N)ncnc43)CC2)CC1. The second kappa shape index (κ2) is 9.79. The zero-order valence-corrected chi connectivity index (χ0v) is 20.5. The number of benzene rings is 1. The van der Waals surface area contributed by atoms with Crippen LogP contribution in [0.3, 0.4) is 0 Å². The van der Waals surface area contributed by atoms with Crippen LogP contribution in [-0.2, 0) is 0 Å². The van der Waals surface area contributed by atoms with E-state index in [4.69, 9.17) is 15.6 Å². The van der Waals surface area contributed by atoms with Crippen molar-refractivity contribution in [3.63, 3.8) is 0 Å². The lowest BCUT2D eigenvalue weighted by Crippen LogP contribution is -2.49. The number of aromatic nitrogens is 6. The van der Waals surface area contributed by atoms with Gasteiger partial charge >= 0.3 is 6.01 Å². The normalized spacial score (nSPS) is 21.6. The lowest BCUT2D eigenvalue weighted by atomic mass is 9.90. The molecule has 4 aromatic rings. The quantitative estimate of drug-likeness (QED) is 0.455. The molecule has 0 radical (unpaired) electrons. The van der Waals surface area contributed by atoms with E-state index in [1.54, 1.807) is 12.4 Å². The van der Waals surface area contributed by atoms with Crippen molar-refractivity contribution < 1.29 is 4.74 Å². The summed E-state index contributed by atoms with van der Waals surface area (Å²) in [5, 5.41) is 5.75. The average molecular weight is 486 g/mol. The number of nitrogens with two attached hydrogens (primary N) is 1. The van der Waals surface area contributed by atoms with E-state index in [1.807, 2.05) is 30.3 Å². The third-order valence-electron chi connectivity index (χ3n) is 7.44. The van der Waals surface area contributed by atoms with Gasteiger partial charge in [0.15, 0.2) is 5.65 Å². The minimum Gasteiger partial charge on any atom is -0.424 e. The number of likely N-dealkylation sites (N-methyl/N-ethyl adjacent to an activating group) is 1. The van der Waals surface area contributed by atoms with E-state index >= 15 is 0 Å². The predicted octanol–water partition coefficient (Wildman–Crippen LogP) is 3.39. The second-order valence-electron chi connectivity index (χ2n) is 9.72. The number of rotatable bonds is 5. The largest absolute Gasteiger partial charge is 0.424 e. The zero-order valence-electron chi connectivity index (χ0n) is 20.5. The maximum atomic E-state index is 6.32. The van der Waals surface area contributed by atoms with Crippen LogP contribution in [0.2, 0.25) is 0 Å². The van der Waals surface area contributed by atoms with E-state index < -0.39 is 0 Å². The molecule has 1 aliphatic heterocycles. The molecule has 0 amide bonds. The Labute approximate surface area is 210 Å². The molecule has 3 aromatic heterocycles. The van der Waals surface area contributed by atoms with Crippen LogP contribution in [0.25, 0.3) is 22.3 Å². The van der Waals surface area contributed by atoms with Gasteiger partial charge in [-0.15, -0.1) is 0 Å². The van der Waals surface area contributed by atoms with Gasteiger partial charge in [-0.2, -0.15) is 5.10 Å². The Morgan fingerprint density at radius 1 is 0.861 bits per heavy atom. The van der Waals surface area contributed by atoms with Crippen molar-refractivity contribution in [3.05, 3.63) is 49.1 Å². The molecule has 2 fully saturated rings. The number of piperazine rings is 1. The van der Waals surface area contributed by atoms with Gasteiger partial charge in [-0.1, -0.05) is 18.2 Å². The number of para-hydroxylation sites is 1. The lowest BCUT2D eigenvalue weighted by molar-refractivity contribution is 0.0815. The Morgan fingerprint density at radius 2 is 1.56 bits per heavy atom. The summed E-state index contributed by atoms with van der Waals surface area (Å²) in [5.41, 5.74) is 8.55. The number of ether oxygens (including phenoxy) is 1. The molecule has 10 nitrogen and oxygen atoms in total. The Kier molecular flexibility index (Phi) is 6.20. The van der Waals surface area contributed by atoms with Crippen molar-refractivity contribution in [1.82, 2.24) is 39.5 Å². The molecular formula is C26H31N9O. The highest BCUT2D eigenvalue weighted by molar-refractivity contribution is 5.98. The summed E-state index contributed by atoms with van der Waals surface area (Å²) in [4.78, 5) is 22.7. The van der Waals surface area contributed by atoms with Gasteiger partial charge in [-0.05, 0) is 44.9 Å². The van der Waals surface area contributed by atoms with E-state index in [0.717, 1.165) is 55.6 Å². The molecule has 6 rings (SSSR count). The van der Waals surface area contributed by atoms with Crippen molar-refractivity contribution in [3.8, 4) is 23.0 Å². The molecule has 36 heavy (non-hydrogen) atoms. The molecule has 1 saturated heterocycles. The minimum absolute atomic E-state index is 0.278.